The Bertz CT molecular complexity index is 2940. The Morgan fingerprint density at radius 1 is 0.345 bits per heavy atom. The molecule has 33 atom stereocenters. The van der Waals surface area contributed by atoms with Gasteiger partial charge in [0.1, 0.15) is 167 Å². The zero-order chi connectivity index (χ0) is 79.4. The van der Waals surface area contributed by atoms with Crippen molar-refractivity contribution in [1.82, 2.24) is 0 Å². The van der Waals surface area contributed by atoms with E-state index in [1.165, 1.54) is 0 Å². The Morgan fingerprint density at radius 3 is 1.15 bits per heavy atom. The van der Waals surface area contributed by atoms with Gasteiger partial charge >= 0.3 is 29.8 Å². The Balaban J connectivity index is 0.725. The van der Waals surface area contributed by atoms with Crippen LogP contribution in [0.3, 0.4) is 0 Å². The Morgan fingerprint density at radius 2 is 0.718 bits per heavy atom. The number of rotatable bonds is 25. The molecule has 11 fully saturated rings. The number of aliphatic hydroxyl groups is 22. The molecule has 630 valence electrons. The summed E-state index contributed by atoms with van der Waals surface area (Å²) in [5.41, 5.74) is 0. The topological polar surface area (TPSA) is 652 Å². The van der Waals surface area contributed by atoms with Gasteiger partial charge in [-0.1, -0.05) is 0 Å². The molecule has 5 saturated carbocycles. The molecule has 0 aromatic rings. The van der Waals surface area contributed by atoms with Crippen LogP contribution in [0.15, 0.2) is 0 Å². The lowest BCUT2D eigenvalue weighted by Crippen LogP contribution is -2.65. The van der Waals surface area contributed by atoms with Crippen molar-refractivity contribution in [3.8, 4) is 0 Å². The second-order valence-corrected chi connectivity index (χ2v) is 31.2. The fraction of sp³-hybridized carbons (Fsp3) is 0.928. The predicted molar refractivity (Wildman–Crippen MR) is 351 cm³/mol. The number of esters is 4. The fourth-order valence-corrected chi connectivity index (χ4v) is 16.9. The van der Waals surface area contributed by atoms with Crippen molar-refractivity contribution in [2.75, 3.05) is 33.0 Å². The molecule has 11 rings (SSSR count). The van der Waals surface area contributed by atoms with Crippen LogP contribution in [0.1, 0.15) is 116 Å². The van der Waals surface area contributed by atoms with Crippen molar-refractivity contribution in [2.24, 2.45) is 29.6 Å². The molecule has 41 nitrogen and oxygen atoms in total. The second-order valence-electron chi connectivity index (χ2n) is 31.2. The monoisotopic (exact) mass is 1590 g/mol. The third kappa shape index (κ3) is 20.5. The summed E-state index contributed by atoms with van der Waals surface area (Å²) in [7, 11) is 0. The van der Waals surface area contributed by atoms with Gasteiger partial charge in [-0.05, 0) is 96.3 Å². The lowest BCUT2D eigenvalue weighted by atomic mass is 9.72. The molecule has 5 aliphatic carbocycles. The number of hydrogen-bond acceptors (Lipinski definition) is 39. The number of aliphatic carboxylic acids is 1. The predicted octanol–water partition coefficient (Wildman–Crippen LogP) is -9.91. The van der Waals surface area contributed by atoms with E-state index in [1.54, 1.807) is 0 Å². The number of aliphatic hydroxyl groups excluding tert-OH is 20. The van der Waals surface area contributed by atoms with E-state index in [4.69, 9.17) is 76.2 Å². The summed E-state index contributed by atoms with van der Waals surface area (Å²) in [4.78, 5) is 63.6. The van der Waals surface area contributed by atoms with E-state index < -0.39 is 320 Å². The molecular weight excluding hydrogens is 1480 g/mol. The average Bonchev–Trinajstić information content (AvgIpc) is 0.755. The maximum atomic E-state index is 14.0. The summed E-state index contributed by atoms with van der Waals surface area (Å²) in [6.07, 6.45) is -55.2. The van der Waals surface area contributed by atoms with E-state index in [9.17, 15) is 126 Å². The standard InChI is InChI=1S/C69H108O41/c70-19-38-46(79)51(84)56(89)65(105-38)100-29-9-3-25(4-10-29)63(94)98-21-40-48(81)52(85)57(90)66(106-40)101-30-11-5-26(6-12-30)64(95)99-23-42-50(83)55(88)61(110-68-59(92)54(87)49(82)41(108-68)22-97-62(93)24-1-7-28(71)8-2-24)69(109-42)102-31-15-33(72)32-17-37(60(103-36(32)16-31)27-13-34(73)45(78)35(74)14-27)104-67-58(91)53(86)47(80)39(107-67)20-96-44(77)18-43(75)76/h24-42,45-61,65-74,78-92H,1-23H2,(H,75,76)/p+1. The Kier molecular flexibility index (Phi) is 30.4. The largest absolute Gasteiger partial charge is 0.481 e. The minimum atomic E-state index is -2.11. The maximum Gasteiger partial charge on any atom is 0.317 e. The number of fused-ring (bicyclic) bond motifs is 1. The van der Waals surface area contributed by atoms with Crippen LogP contribution in [-0.4, -0.2) is 396 Å². The van der Waals surface area contributed by atoms with Crippen molar-refractivity contribution < 1.29 is 202 Å². The highest BCUT2D eigenvalue weighted by molar-refractivity contribution is 5.90. The third-order valence-electron chi connectivity index (χ3n) is 23.6. The summed E-state index contributed by atoms with van der Waals surface area (Å²) >= 11 is 0. The normalized spacial score (nSPS) is 48.2. The van der Waals surface area contributed by atoms with Gasteiger partial charge in [-0.15, -0.1) is 0 Å². The second kappa shape index (κ2) is 38.5. The number of ether oxygens (including phenoxy) is 15. The van der Waals surface area contributed by atoms with E-state index >= 15 is 0 Å². The summed E-state index contributed by atoms with van der Waals surface area (Å²) in [6.45, 7) is -3.43. The van der Waals surface area contributed by atoms with Gasteiger partial charge in [-0.25, -0.2) is 0 Å². The average molecular weight is 1590 g/mol. The lowest BCUT2D eigenvalue weighted by Gasteiger charge is -2.50. The van der Waals surface area contributed by atoms with Crippen molar-refractivity contribution in [3.05, 3.63) is 0 Å². The summed E-state index contributed by atoms with van der Waals surface area (Å²) < 4.78 is 87.0. The van der Waals surface area contributed by atoms with Gasteiger partial charge in [0, 0.05) is 18.8 Å². The van der Waals surface area contributed by atoms with Gasteiger partial charge in [0.05, 0.1) is 73.0 Å². The lowest BCUT2D eigenvalue weighted by molar-refractivity contribution is -0.380. The molecule has 0 amide bonds. The van der Waals surface area contributed by atoms with Crippen LogP contribution in [0.5, 0.6) is 0 Å². The molecule has 41 heteroatoms. The van der Waals surface area contributed by atoms with Crippen molar-refractivity contribution >= 4 is 29.8 Å². The van der Waals surface area contributed by atoms with Crippen molar-refractivity contribution in [3.63, 3.8) is 0 Å². The van der Waals surface area contributed by atoms with Crippen LogP contribution < -0.4 is 0 Å². The number of carboxylic acid groups (broad SMARTS) is 1. The Hall–Kier alpha value is -3.89. The van der Waals surface area contributed by atoms with Crippen LogP contribution >= 0.6 is 0 Å². The molecule has 6 aliphatic heterocycles. The quantitative estimate of drug-likeness (QED) is 0.0175. The van der Waals surface area contributed by atoms with E-state index in [0.717, 1.165) is 0 Å². The smallest absolute Gasteiger partial charge is 0.317 e. The van der Waals surface area contributed by atoms with Crippen LogP contribution in [0.4, 0.5) is 0 Å². The van der Waals surface area contributed by atoms with Crippen LogP contribution in [0.2, 0.25) is 0 Å². The first-order valence-electron chi connectivity index (χ1n) is 37.9. The van der Waals surface area contributed by atoms with Gasteiger partial charge in [0.25, 0.3) is 0 Å². The van der Waals surface area contributed by atoms with Gasteiger partial charge in [0.2, 0.25) is 0 Å². The Labute approximate surface area is 629 Å². The molecule has 33 unspecified atom stereocenters. The first-order chi connectivity index (χ1) is 52.3. The molecule has 6 saturated heterocycles. The van der Waals surface area contributed by atoms with Gasteiger partial charge in [-0.2, -0.15) is 0 Å². The molecule has 0 radical (unpaired) electrons. The van der Waals surface area contributed by atoms with Crippen LogP contribution in [0.25, 0.3) is 0 Å². The molecule has 6 heterocycles. The van der Waals surface area contributed by atoms with Gasteiger partial charge in [0.15, 0.2) is 43.7 Å². The number of hydrogen-bond donors (Lipinski definition) is 21. The molecule has 22 N–H and O–H groups in total. The minimum absolute atomic E-state index is 0.104. The molecule has 0 aromatic heterocycles. The maximum absolute atomic E-state index is 14.0. The molecule has 0 aromatic carbocycles. The molecular formula is C69H109O41+. The van der Waals surface area contributed by atoms with Crippen LogP contribution in [0, 0.1) is 29.6 Å². The molecule has 11 aliphatic rings. The highest BCUT2D eigenvalue weighted by Gasteiger charge is 2.59. The third-order valence-corrected chi connectivity index (χ3v) is 23.6. The van der Waals surface area contributed by atoms with E-state index in [2.05, 4.69) is 0 Å². The fourth-order valence-electron chi connectivity index (χ4n) is 16.9. The highest BCUT2D eigenvalue weighted by atomic mass is 16.8. The van der Waals surface area contributed by atoms with Gasteiger partial charge in [-0.3, -0.25) is 24.0 Å². The number of carbonyl (C=O) groups excluding carboxylic acids is 4. The molecule has 0 bridgehead atoms. The first-order valence-corrected chi connectivity index (χ1v) is 37.9. The van der Waals surface area contributed by atoms with E-state index in [1.807, 2.05) is 0 Å². The SMILES string of the molecule is O=C(O)CC(=O)OCC1OC(OC2CC3C(O)CC(OC4OC(COC(=O)C5CCC(OC6OC(COC(=O)C7CCC(OC8OC(CO)C(O)C(O)C8O)CC7)C(O)C(O)C6O)CC5)C(O)C(O)C4OC4OC(COC(=O)C5CCC(O)CC5)C(O)C(O)C4O)CC3[OH+]C2C2CC(O)C(O)C(O)C2)C(O)C(O)C1O. The summed E-state index contributed by atoms with van der Waals surface area (Å²) in [6, 6.07) is 0. The molecule has 0 spiro atoms. The van der Waals surface area contributed by atoms with E-state index in [-0.39, 0.29) is 70.6 Å². The zero-order valence-corrected chi connectivity index (χ0v) is 60.0. The molecule has 110 heavy (non-hydrogen) atoms. The van der Waals surface area contributed by atoms with Crippen molar-refractivity contribution in [1.29, 1.82) is 0 Å². The van der Waals surface area contributed by atoms with Crippen LogP contribution in [-0.2, 0) is 90.3 Å². The van der Waals surface area contributed by atoms with Crippen molar-refractivity contribution in [2.45, 2.75) is 336 Å². The number of carboxylic acids is 1. The van der Waals surface area contributed by atoms with Gasteiger partial charge < -0.3 is 178 Å². The van der Waals surface area contributed by atoms with E-state index in [0.29, 0.717) is 38.5 Å². The highest BCUT2D eigenvalue weighted by Crippen LogP contribution is 2.45. The number of carbonyl (C=O) groups is 5. The minimum Gasteiger partial charge on any atom is -0.481 e. The zero-order valence-electron chi connectivity index (χ0n) is 60.0. The summed E-state index contributed by atoms with van der Waals surface area (Å²) in [5, 5.41) is 227. The summed E-state index contributed by atoms with van der Waals surface area (Å²) in [5.74, 6) is -8.59. The first kappa shape index (κ1) is 87.0.